The first-order valence-electron chi connectivity index (χ1n) is 8.54. The minimum Gasteiger partial charge on any atom is -0.459 e. The first-order valence-corrected chi connectivity index (χ1v) is 8.54. The van der Waals surface area contributed by atoms with E-state index >= 15 is 0 Å². The molecule has 132 valence electrons. The molecule has 0 aliphatic heterocycles. The third-order valence-corrected chi connectivity index (χ3v) is 4.84. The number of rotatable bonds is 3. The van der Waals surface area contributed by atoms with Gasteiger partial charge in [0, 0.05) is 5.92 Å². The molecule has 7 heteroatoms. The average Bonchev–Trinajstić information content (AvgIpc) is 3.29. The fourth-order valence-corrected chi connectivity index (χ4v) is 3.61. The lowest BCUT2D eigenvalue weighted by Crippen LogP contribution is -2.16. The van der Waals surface area contributed by atoms with Crippen LogP contribution in [-0.4, -0.2) is 32.5 Å². The van der Waals surface area contributed by atoms with Crippen molar-refractivity contribution in [3.05, 3.63) is 71.8 Å². The van der Waals surface area contributed by atoms with Gasteiger partial charge in [0.1, 0.15) is 12.1 Å². The number of anilines is 1. The molecule has 7 nitrogen and oxygen atoms in total. The van der Waals surface area contributed by atoms with Gasteiger partial charge in [-0.1, -0.05) is 48.5 Å². The molecule has 0 amide bonds. The van der Waals surface area contributed by atoms with E-state index in [1.54, 1.807) is 0 Å². The monoisotopic (exact) mass is 357 g/mol. The topological polar surface area (TPSA) is 107 Å². The molecule has 0 saturated carbocycles. The number of H-pyrrole nitrogens is 1. The molecule has 2 heterocycles. The first-order chi connectivity index (χ1) is 13.2. The Morgan fingerprint density at radius 3 is 2.41 bits per heavy atom. The Bertz CT molecular complexity index is 1140. The molecule has 1 aliphatic carbocycles. The van der Waals surface area contributed by atoms with Crippen LogP contribution in [0.2, 0.25) is 0 Å². The Kier molecular flexibility index (Phi) is 3.39. The van der Waals surface area contributed by atoms with Crippen molar-refractivity contribution in [1.29, 1.82) is 0 Å². The maximum Gasteiger partial charge on any atom is 0.376 e. The van der Waals surface area contributed by atoms with Gasteiger partial charge in [0.05, 0.1) is 6.33 Å². The summed E-state index contributed by atoms with van der Waals surface area (Å²) >= 11 is 0. The number of fused-ring (bicyclic) bond motifs is 4. The second-order valence-corrected chi connectivity index (χ2v) is 6.36. The molecular weight excluding hydrogens is 342 g/mol. The molecule has 0 spiro atoms. The van der Waals surface area contributed by atoms with Crippen molar-refractivity contribution in [2.75, 3.05) is 12.3 Å². The molecule has 5 rings (SSSR count). The van der Waals surface area contributed by atoms with Gasteiger partial charge in [-0.05, 0) is 22.3 Å². The minimum absolute atomic E-state index is 0.0205. The Labute approximate surface area is 154 Å². The summed E-state index contributed by atoms with van der Waals surface area (Å²) in [5, 5.41) is 0. The maximum absolute atomic E-state index is 12.5. The van der Waals surface area contributed by atoms with Crippen LogP contribution in [0.5, 0.6) is 0 Å². The lowest BCUT2D eigenvalue weighted by molar-refractivity contribution is 0.0480. The average molecular weight is 357 g/mol. The van der Waals surface area contributed by atoms with E-state index in [4.69, 9.17) is 10.5 Å². The van der Waals surface area contributed by atoms with Crippen LogP contribution < -0.4 is 5.73 Å². The highest BCUT2D eigenvalue weighted by Crippen LogP contribution is 2.44. The van der Waals surface area contributed by atoms with E-state index < -0.39 is 5.97 Å². The van der Waals surface area contributed by atoms with Crippen LogP contribution >= 0.6 is 0 Å². The number of aromatic nitrogens is 4. The predicted molar refractivity (Wildman–Crippen MR) is 100 cm³/mol. The molecule has 2 aromatic carbocycles. The van der Waals surface area contributed by atoms with Gasteiger partial charge in [0.25, 0.3) is 0 Å². The molecule has 27 heavy (non-hydrogen) atoms. The molecule has 0 fully saturated rings. The highest BCUT2D eigenvalue weighted by atomic mass is 16.5. The Morgan fingerprint density at radius 1 is 1.04 bits per heavy atom. The summed E-state index contributed by atoms with van der Waals surface area (Å²) in [4.78, 5) is 27.5. The second-order valence-electron chi connectivity index (χ2n) is 6.36. The smallest absolute Gasteiger partial charge is 0.376 e. The zero-order valence-electron chi connectivity index (χ0n) is 14.2. The van der Waals surface area contributed by atoms with Gasteiger partial charge < -0.3 is 15.5 Å². The standard InChI is InChI=1S/C20H15N5O2/c21-17-16-18(23-10-22-16)25-19(24-17)20(26)27-9-15-13-7-3-1-5-11(13)12-6-2-4-8-14(12)15/h1-8,10,15H,9H2,(H3,21,22,23,24,25). The van der Waals surface area contributed by atoms with Gasteiger partial charge in [-0.25, -0.2) is 19.7 Å². The van der Waals surface area contributed by atoms with Crippen molar-refractivity contribution in [3.8, 4) is 11.1 Å². The molecular formula is C20H15N5O2. The van der Waals surface area contributed by atoms with E-state index in [0.717, 1.165) is 11.1 Å². The molecule has 4 aromatic rings. The molecule has 2 aromatic heterocycles. The number of esters is 1. The van der Waals surface area contributed by atoms with E-state index in [1.165, 1.54) is 17.5 Å². The number of nitrogens with two attached hydrogens (primary N) is 1. The van der Waals surface area contributed by atoms with E-state index in [2.05, 4.69) is 44.2 Å². The molecule has 0 atom stereocenters. The number of benzene rings is 2. The van der Waals surface area contributed by atoms with Crippen molar-refractivity contribution < 1.29 is 9.53 Å². The zero-order valence-corrected chi connectivity index (χ0v) is 14.2. The van der Waals surface area contributed by atoms with Crippen molar-refractivity contribution in [3.63, 3.8) is 0 Å². The third-order valence-electron chi connectivity index (χ3n) is 4.84. The molecule has 0 saturated heterocycles. The number of carbonyl (C=O) groups is 1. The van der Waals surface area contributed by atoms with Crippen molar-refractivity contribution in [2.45, 2.75) is 5.92 Å². The fraction of sp³-hybridized carbons (Fsp3) is 0.100. The van der Waals surface area contributed by atoms with Gasteiger partial charge >= 0.3 is 5.97 Å². The predicted octanol–water partition coefficient (Wildman–Crippen LogP) is 2.90. The van der Waals surface area contributed by atoms with Gasteiger partial charge in [0.2, 0.25) is 5.82 Å². The Hall–Kier alpha value is -3.74. The number of hydrogen-bond donors (Lipinski definition) is 2. The summed E-state index contributed by atoms with van der Waals surface area (Å²) in [5.41, 5.74) is 11.3. The Morgan fingerprint density at radius 2 is 1.70 bits per heavy atom. The quantitative estimate of drug-likeness (QED) is 0.546. The van der Waals surface area contributed by atoms with Crippen LogP contribution in [0.1, 0.15) is 27.7 Å². The van der Waals surface area contributed by atoms with Crippen LogP contribution in [0.3, 0.4) is 0 Å². The van der Waals surface area contributed by atoms with Crippen LogP contribution in [0.25, 0.3) is 22.3 Å². The number of imidazole rings is 1. The first kappa shape index (κ1) is 15.5. The number of carbonyl (C=O) groups excluding carboxylic acids is 1. The lowest BCUT2D eigenvalue weighted by Gasteiger charge is -2.13. The number of nitrogens with one attached hydrogen (secondary N) is 1. The third kappa shape index (κ3) is 2.43. The highest BCUT2D eigenvalue weighted by molar-refractivity contribution is 5.90. The second kappa shape index (κ2) is 5.91. The molecule has 3 N–H and O–H groups in total. The fourth-order valence-electron chi connectivity index (χ4n) is 3.61. The molecule has 0 radical (unpaired) electrons. The summed E-state index contributed by atoms with van der Waals surface area (Å²) in [6.07, 6.45) is 1.46. The summed E-state index contributed by atoms with van der Waals surface area (Å²) in [7, 11) is 0. The summed E-state index contributed by atoms with van der Waals surface area (Å²) in [6, 6.07) is 16.3. The van der Waals surface area contributed by atoms with E-state index in [9.17, 15) is 4.79 Å². The van der Waals surface area contributed by atoms with Gasteiger partial charge in [-0.3, -0.25) is 0 Å². The van der Waals surface area contributed by atoms with Crippen molar-refractivity contribution in [2.24, 2.45) is 0 Å². The van der Waals surface area contributed by atoms with E-state index in [0.29, 0.717) is 11.2 Å². The zero-order chi connectivity index (χ0) is 18.4. The number of aromatic amines is 1. The van der Waals surface area contributed by atoms with E-state index in [1.807, 2.05) is 24.3 Å². The number of ether oxygens (including phenoxy) is 1. The molecule has 1 aliphatic rings. The van der Waals surface area contributed by atoms with Gasteiger partial charge in [-0.15, -0.1) is 0 Å². The maximum atomic E-state index is 12.5. The normalized spacial score (nSPS) is 12.7. The van der Waals surface area contributed by atoms with Crippen LogP contribution in [0, 0.1) is 0 Å². The molecule has 0 bridgehead atoms. The largest absolute Gasteiger partial charge is 0.459 e. The number of nitrogens with zero attached hydrogens (tertiary/aromatic N) is 3. The summed E-state index contributed by atoms with van der Waals surface area (Å²) in [6.45, 7) is 0.203. The number of nitrogen functional groups attached to an aromatic ring is 1. The summed E-state index contributed by atoms with van der Waals surface area (Å²) < 4.78 is 5.55. The molecule has 0 unspecified atom stereocenters. The van der Waals surface area contributed by atoms with Gasteiger partial charge in [-0.2, -0.15) is 0 Å². The Balaban J connectivity index is 1.43. The highest BCUT2D eigenvalue weighted by Gasteiger charge is 2.29. The van der Waals surface area contributed by atoms with Crippen LogP contribution in [-0.2, 0) is 4.74 Å². The number of hydrogen-bond acceptors (Lipinski definition) is 6. The van der Waals surface area contributed by atoms with Crippen LogP contribution in [0.15, 0.2) is 54.9 Å². The SMILES string of the molecule is Nc1nc(C(=O)OCC2c3ccccc3-c3ccccc32)nc2nc[nH]c12. The lowest BCUT2D eigenvalue weighted by atomic mass is 9.98. The van der Waals surface area contributed by atoms with Crippen molar-refractivity contribution >= 4 is 23.0 Å². The van der Waals surface area contributed by atoms with E-state index in [-0.39, 0.29) is 24.2 Å². The van der Waals surface area contributed by atoms with Crippen molar-refractivity contribution in [1.82, 2.24) is 19.9 Å². The minimum atomic E-state index is -0.617. The van der Waals surface area contributed by atoms with Gasteiger partial charge in [0.15, 0.2) is 11.5 Å². The summed E-state index contributed by atoms with van der Waals surface area (Å²) in [5.74, 6) is -0.561. The van der Waals surface area contributed by atoms with Crippen LogP contribution in [0.4, 0.5) is 5.82 Å².